The van der Waals surface area contributed by atoms with E-state index < -0.39 is 0 Å². The van der Waals surface area contributed by atoms with Crippen molar-refractivity contribution in [2.24, 2.45) is 11.8 Å². The number of nitrogens with one attached hydrogen (secondary N) is 1. The molecule has 0 spiro atoms. The fourth-order valence-electron chi connectivity index (χ4n) is 2.91. The first-order valence-electron chi connectivity index (χ1n) is 7.27. The molecule has 2 nitrogen and oxygen atoms in total. The molecule has 2 N–H and O–H groups in total. The van der Waals surface area contributed by atoms with Gasteiger partial charge in [0.1, 0.15) is 0 Å². The van der Waals surface area contributed by atoms with Crippen molar-refractivity contribution in [2.45, 2.75) is 44.2 Å². The fourth-order valence-corrected chi connectivity index (χ4v) is 2.91. The van der Waals surface area contributed by atoms with Crippen molar-refractivity contribution in [3.63, 3.8) is 0 Å². The molecule has 1 atom stereocenters. The van der Waals surface area contributed by atoms with Crippen LogP contribution in [-0.4, -0.2) is 23.8 Å². The van der Waals surface area contributed by atoms with Crippen LogP contribution in [0.5, 0.6) is 0 Å². The third kappa shape index (κ3) is 3.12. The third-order valence-corrected chi connectivity index (χ3v) is 4.23. The second-order valence-corrected chi connectivity index (χ2v) is 5.94. The Kier molecular flexibility index (Phi) is 3.67. The van der Waals surface area contributed by atoms with Gasteiger partial charge in [0.15, 0.2) is 0 Å². The van der Waals surface area contributed by atoms with Gasteiger partial charge in [0.05, 0.1) is 6.61 Å². The van der Waals surface area contributed by atoms with E-state index in [1.807, 2.05) is 6.07 Å². The minimum Gasteiger partial charge on any atom is -0.395 e. The number of hydrogen-bond donors (Lipinski definition) is 2. The van der Waals surface area contributed by atoms with Gasteiger partial charge in [-0.15, -0.1) is 0 Å². The molecule has 2 saturated carbocycles. The summed E-state index contributed by atoms with van der Waals surface area (Å²) < 4.78 is 0. The second-order valence-electron chi connectivity index (χ2n) is 5.94. The fraction of sp³-hybridized carbons (Fsp3) is 0.625. The Morgan fingerprint density at radius 3 is 2.17 bits per heavy atom. The van der Waals surface area contributed by atoms with Crippen LogP contribution in [0.3, 0.4) is 0 Å². The highest BCUT2D eigenvalue weighted by molar-refractivity contribution is 5.16. The first-order valence-corrected chi connectivity index (χ1v) is 7.27. The number of benzene rings is 1. The Labute approximate surface area is 109 Å². The maximum absolute atomic E-state index is 9.58. The van der Waals surface area contributed by atoms with Crippen LogP contribution in [0.1, 0.15) is 31.2 Å². The van der Waals surface area contributed by atoms with Crippen molar-refractivity contribution < 1.29 is 5.11 Å². The van der Waals surface area contributed by atoms with E-state index in [2.05, 4.69) is 29.6 Å². The van der Waals surface area contributed by atoms with E-state index in [-0.39, 0.29) is 12.6 Å². The molecule has 0 aromatic heterocycles. The number of hydrogen-bond acceptors (Lipinski definition) is 2. The predicted octanol–water partition coefficient (Wildman–Crippen LogP) is 2.37. The lowest BCUT2D eigenvalue weighted by molar-refractivity contribution is 0.219. The van der Waals surface area contributed by atoms with Crippen molar-refractivity contribution in [1.29, 1.82) is 0 Å². The van der Waals surface area contributed by atoms with Crippen LogP contribution in [0.15, 0.2) is 30.3 Å². The average molecular weight is 245 g/mol. The highest BCUT2D eigenvalue weighted by Crippen LogP contribution is 2.44. The van der Waals surface area contributed by atoms with Gasteiger partial charge < -0.3 is 10.4 Å². The lowest BCUT2D eigenvalue weighted by atomic mass is 10.0. The summed E-state index contributed by atoms with van der Waals surface area (Å²) >= 11 is 0. The summed E-state index contributed by atoms with van der Waals surface area (Å²) in [6, 6.07) is 11.4. The second kappa shape index (κ2) is 5.41. The van der Waals surface area contributed by atoms with Crippen molar-refractivity contribution >= 4 is 0 Å². The van der Waals surface area contributed by atoms with Gasteiger partial charge in [-0.05, 0) is 49.5 Å². The van der Waals surface area contributed by atoms with Crippen LogP contribution in [0.25, 0.3) is 0 Å². The van der Waals surface area contributed by atoms with Crippen LogP contribution in [-0.2, 0) is 6.42 Å². The zero-order valence-corrected chi connectivity index (χ0v) is 10.9. The Morgan fingerprint density at radius 1 is 1.06 bits per heavy atom. The van der Waals surface area contributed by atoms with E-state index in [0.717, 1.165) is 18.3 Å². The van der Waals surface area contributed by atoms with E-state index in [0.29, 0.717) is 6.04 Å². The molecule has 3 rings (SSSR count). The van der Waals surface area contributed by atoms with Crippen LogP contribution in [0, 0.1) is 11.8 Å². The zero-order chi connectivity index (χ0) is 12.4. The molecule has 2 aliphatic carbocycles. The minimum absolute atomic E-state index is 0.221. The molecule has 1 aromatic rings. The van der Waals surface area contributed by atoms with E-state index in [4.69, 9.17) is 0 Å². The molecule has 2 heteroatoms. The standard InChI is InChI=1S/C16H23NO/c18-11-15(10-12-4-2-1-3-5-12)17-16(13-6-7-13)14-8-9-14/h1-5,13-18H,6-11H2/t15-/m0/s1. The maximum Gasteiger partial charge on any atom is 0.0587 e. The summed E-state index contributed by atoms with van der Waals surface area (Å²) in [7, 11) is 0. The van der Waals surface area contributed by atoms with Gasteiger partial charge in [-0.3, -0.25) is 0 Å². The molecular formula is C16H23NO. The van der Waals surface area contributed by atoms with Crippen LogP contribution in [0.2, 0.25) is 0 Å². The molecule has 0 bridgehead atoms. The minimum atomic E-state index is 0.221. The van der Waals surface area contributed by atoms with Gasteiger partial charge in [-0.2, -0.15) is 0 Å². The number of rotatable bonds is 7. The van der Waals surface area contributed by atoms with E-state index >= 15 is 0 Å². The molecule has 98 valence electrons. The Hall–Kier alpha value is -0.860. The molecule has 1 aromatic carbocycles. The lowest BCUT2D eigenvalue weighted by Gasteiger charge is -2.24. The Bertz CT molecular complexity index is 358. The smallest absolute Gasteiger partial charge is 0.0587 e. The summed E-state index contributed by atoms with van der Waals surface area (Å²) in [5, 5.41) is 13.3. The highest BCUT2D eigenvalue weighted by Gasteiger charge is 2.41. The van der Waals surface area contributed by atoms with E-state index in [9.17, 15) is 5.11 Å². The third-order valence-electron chi connectivity index (χ3n) is 4.23. The van der Waals surface area contributed by atoms with Gasteiger partial charge >= 0.3 is 0 Å². The molecule has 2 fully saturated rings. The molecular weight excluding hydrogens is 222 g/mol. The monoisotopic (exact) mass is 245 g/mol. The summed E-state index contributed by atoms with van der Waals surface area (Å²) in [6.45, 7) is 0.241. The Balaban J connectivity index is 1.58. The summed E-state index contributed by atoms with van der Waals surface area (Å²) in [5.74, 6) is 1.78. The average Bonchev–Trinajstić information content (AvgIpc) is 3.29. The molecule has 0 aliphatic heterocycles. The molecule has 0 radical (unpaired) electrons. The van der Waals surface area contributed by atoms with Gasteiger partial charge in [-0.1, -0.05) is 30.3 Å². The predicted molar refractivity (Wildman–Crippen MR) is 73.4 cm³/mol. The summed E-state index contributed by atoms with van der Waals surface area (Å²) in [5.41, 5.74) is 1.31. The molecule has 0 saturated heterocycles. The topological polar surface area (TPSA) is 32.3 Å². The van der Waals surface area contributed by atoms with Gasteiger partial charge in [0, 0.05) is 12.1 Å². The molecule has 2 aliphatic rings. The first kappa shape index (κ1) is 12.2. The van der Waals surface area contributed by atoms with E-state index in [1.54, 1.807) is 0 Å². The quantitative estimate of drug-likeness (QED) is 0.773. The lowest BCUT2D eigenvalue weighted by Crippen LogP contribution is -2.44. The van der Waals surface area contributed by atoms with Crippen molar-refractivity contribution in [1.82, 2.24) is 5.32 Å². The first-order chi connectivity index (χ1) is 8.86. The molecule has 0 heterocycles. The normalized spacial score (nSPS) is 21.2. The van der Waals surface area contributed by atoms with Gasteiger partial charge in [0.2, 0.25) is 0 Å². The summed E-state index contributed by atoms with van der Waals surface area (Å²) in [6.07, 6.45) is 6.48. The molecule has 0 unspecified atom stereocenters. The van der Waals surface area contributed by atoms with Crippen molar-refractivity contribution in [3.05, 3.63) is 35.9 Å². The largest absolute Gasteiger partial charge is 0.395 e. The Morgan fingerprint density at radius 2 is 1.67 bits per heavy atom. The zero-order valence-electron chi connectivity index (χ0n) is 10.9. The molecule has 0 amide bonds. The van der Waals surface area contributed by atoms with Crippen LogP contribution in [0.4, 0.5) is 0 Å². The highest BCUT2D eigenvalue weighted by atomic mass is 16.3. The molecule has 18 heavy (non-hydrogen) atoms. The SMILES string of the molecule is OC[C@H](Cc1ccccc1)NC(C1CC1)C1CC1. The van der Waals surface area contributed by atoms with Crippen LogP contribution >= 0.6 is 0 Å². The maximum atomic E-state index is 9.58. The van der Waals surface area contributed by atoms with E-state index in [1.165, 1.54) is 31.2 Å². The van der Waals surface area contributed by atoms with Crippen molar-refractivity contribution in [2.75, 3.05) is 6.61 Å². The van der Waals surface area contributed by atoms with Crippen LogP contribution < -0.4 is 5.32 Å². The number of aliphatic hydroxyl groups is 1. The van der Waals surface area contributed by atoms with Gasteiger partial charge in [0.25, 0.3) is 0 Å². The van der Waals surface area contributed by atoms with Gasteiger partial charge in [-0.25, -0.2) is 0 Å². The number of aliphatic hydroxyl groups excluding tert-OH is 1. The summed E-state index contributed by atoms with van der Waals surface area (Å²) in [4.78, 5) is 0. The van der Waals surface area contributed by atoms with Crippen molar-refractivity contribution in [3.8, 4) is 0 Å².